The molecule has 1 saturated heterocycles. The Bertz CT molecular complexity index is 1190. The van der Waals surface area contributed by atoms with Crippen LogP contribution in [0.3, 0.4) is 0 Å². The van der Waals surface area contributed by atoms with Crippen molar-refractivity contribution in [2.24, 2.45) is 0 Å². The SMILES string of the molecule is COc1ccccc1N1CCN(C(c2ccccc2F)c2nnnn2Cc2ccco2)CC1. The van der Waals surface area contributed by atoms with E-state index in [0.29, 0.717) is 31.0 Å². The number of hydrogen-bond donors (Lipinski definition) is 0. The molecule has 0 saturated carbocycles. The second kappa shape index (κ2) is 9.41. The van der Waals surface area contributed by atoms with Gasteiger partial charge in [-0.25, -0.2) is 9.07 Å². The predicted molar refractivity (Wildman–Crippen MR) is 121 cm³/mol. The van der Waals surface area contributed by atoms with Gasteiger partial charge in [-0.1, -0.05) is 30.3 Å². The summed E-state index contributed by atoms with van der Waals surface area (Å²) in [6.07, 6.45) is 1.62. The second-order valence-corrected chi connectivity index (χ2v) is 7.89. The predicted octanol–water partition coefficient (Wildman–Crippen LogP) is 3.37. The van der Waals surface area contributed by atoms with Crippen molar-refractivity contribution >= 4 is 5.69 Å². The van der Waals surface area contributed by atoms with Gasteiger partial charge in [-0.3, -0.25) is 4.90 Å². The number of para-hydroxylation sites is 2. The van der Waals surface area contributed by atoms with E-state index in [9.17, 15) is 4.39 Å². The first-order valence-electron chi connectivity index (χ1n) is 10.9. The van der Waals surface area contributed by atoms with E-state index in [2.05, 4.69) is 31.4 Å². The van der Waals surface area contributed by atoms with Gasteiger partial charge >= 0.3 is 0 Å². The number of anilines is 1. The number of tetrazole rings is 1. The lowest BCUT2D eigenvalue weighted by atomic mass is 10.0. The standard InChI is InChI=1S/C24H25FN6O2/c1-32-22-11-5-4-10-21(22)29-12-14-30(15-13-29)23(19-8-2-3-9-20(19)25)24-26-27-28-31(24)17-18-7-6-16-33-18/h2-11,16,23H,12-15,17H2,1H3. The molecular weight excluding hydrogens is 423 g/mol. The van der Waals surface area contributed by atoms with Crippen LogP contribution in [0, 0.1) is 5.82 Å². The number of ether oxygens (including phenoxy) is 1. The summed E-state index contributed by atoms with van der Waals surface area (Å²) >= 11 is 0. The maximum atomic E-state index is 15.0. The molecule has 1 unspecified atom stereocenters. The van der Waals surface area contributed by atoms with E-state index in [-0.39, 0.29) is 5.82 Å². The lowest BCUT2D eigenvalue weighted by Crippen LogP contribution is -2.48. The molecule has 3 heterocycles. The van der Waals surface area contributed by atoms with E-state index < -0.39 is 6.04 Å². The molecule has 1 atom stereocenters. The van der Waals surface area contributed by atoms with Crippen molar-refractivity contribution < 1.29 is 13.5 Å². The first-order chi connectivity index (χ1) is 16.2. The van der Waals surface area contributed by atoms with Crippen molar-refractivity contribution in [3.63, 3.8) is 0 Å². The van der Waals surface area contributed by atoms with E-state index in [1.165, 1.54) is 6.07 Å². The average molecular weight is 449 g/mol. The zero-order chi connectivity index (χ0) is 22.6. The molecule has 0 aliphatic carbocycles. The van der Waals surface area contributed by atoms with Crippen LogP contribution in [-0.4, -0.2) is 58.4 Å². The molecule has 0 radical (unpaired) electrons. The van der Waals surface area contributed by atoms with Gasteiger partial charge in [-0.05, 0) is 40.8 Å². The molecule has 2 aromatic carbocycles. The minimum absolute atomic E-state index is 0.276. The zero-order valence-corrected chi connectivity index (χ0v) is 18.3. The van der Waals surface area contributed by atoms with Gasteiger partial charge in [-0.15, -0.1) is 5.10 Å². The normalized spacial score (nSPS) is 15.5. The Morgan fingerprint density at radius 2 is 1.79 bits per heavy atom. The monoisotopic (exact) mass is 448 g/mol. The molecular formula is C24H25FN6O2. The Balaban J connectivity index is 1.44. The summed E-state index contributed by atoms with van der Waals surface area (Å²) < 4.78 is 27.7. The van der Waals surface area contributed by atoms with E-state index in [4.69, 9.17) is 9.15 Å². The third kappa shape index (κ3) is 4.31. The van der Waals surface area contributed by atoms with Gasteiger partial charge in [0.1, 0.15) is 29.9 Å². The summed E-state index contributed by atoms with van der Waals surface area (Å²) in [4.78, 5) is 4.52. The molecule has 33 heavy (non-hydrogen) atoms. The smallest absolute Gasteiger partial charge is 0.173 e. The lowest BCUT2D eigenvalue weighted by Gasteiger charge is -2.40. The van der Waals surface area contributed by atoms with Crippen molar-refractivity contribution in [2.75, 3.05) is 38.2 Å². The van der Waals surface area contributed by atoms with Crippen LogP contribution in [0.25, 0.3) is 0 Å². The molecule has 4 aromatic rings. The summed E-state index contributed by atoms with van der Waals surface area (Å²) in [7, 11) is 1.68. The van der Waals surface area contributed by atoms with Gasteiger partial charge in [0.2, 0.25) is 0 Å². The Labute approximate surface area is 191 Å². The number of piperazine rings is 1. The average Bonchev–Trinajstić information content (AvgIpc) is 3.54. The van der Waals surface area contributed by atoms with Crippen LogP contribution in [0.2, 0.25) is 0 Å². The maximum Gasteiger partial charge on any atom is 0.173 e. The molecule has 0 N–H and O–H groups in total. The highest BCUT2D eigenvalue weighted by Crippen LogP contribution is 2.33. The summed E-state index contributed by atoms with van der Waals surface area (Å²) in [5.74, 6) is 1.89. The number of furan rings is 1. The van der Waals surface area contributed by atoms with E-state index >= 15 is 0 Å². The van der Waals surface area contributed by atoms with E-state index in [0.717, 1.165) is 30.3 Å². The van der Waals surface area contributed by atoms with Crippen LogP contribution < -0.4 is 9.64 Å². The second-order valence-electron chi connectivity index (χ2n) is 7.89. The van der Waals surface area contributed by atoms with Crippen LogP contribution in [0.5, 0.6) is 5.75 Å². The van der Waals surface area contributed by atoms with Gasteiger partial charge in [-0.2, -0.15) is 0 Å². The van der Waals surface area contributed by atoms with Crippen molar-refractivity contribution in [3.05, 3.63) is 89.9 Å². The first kappa shape index (κ1) is 21.1. The topological polar surface area (TPSA) is 72.5 Å². The molecule has 0 spiro atoms. The molecule has 1 aliphatic rings. The van der Waals surface area contributed by atoms with Gasteiger partial charge in [0, 0.05) is 31.7 Å². The fourth-order valence-corrected chi connectivity index (χ4v) is 4.38. The Hall–Kier alpha value is -3.72. The van der Waals surface area contributed by atoms with Crippen molar-refractivity contribution in [2.45, 2.75) is 12.6 Å². The van der Waals surface area contributed by atoms with Crippen LogP contribution in [-0.2, 0) is 6.54 Å². The molecule has 0 bridgehead atoms. The fraction of sp³-hybridized carbons (Fsp3) is 0.292. The van der Waals surface area contributed by atoms with E-state index in [1.807, 2.05) is 36.4 Å². The highest BCUT2D eigenvalue weighted by Gasteiger charge is 2.33. The third-order valence-corrected chi connectivity index (χ3v) is 5.99. The van der Waals surface area contributed by atoms with Crippen molar-refractivity contribution in [1.82, 2.24) is 25.1 Å². The fourth-order valence-electron chi connectivity index (χ4n) is 4.38. The zero-order valence-electron chi connectivity index (χ0n) is 18.3. The number of benzene rings is 2. The van der Waals surface area contributed by atoms with Gasteiger partial charge in [0.15, 0.2) is 5.82 Å². The number of aromatic nitrogens is 4. The minimum Gasteiger partial charge on any atom is -0.495 e. The number of hydrogen-bond acceptors (Lipinski definition) is 7. The number of halogens is 1. The van der Waals surface area contributed by atoms with Gasteiger partial charge in [0.05, 0.1) is 19.1 Å². The summed E-state index contributed by atoms with van der Waals surface area (Å²) in [6, 6.07) is 18.1. The molecule has 2 aromatic heterocycles. The minimum atomic E-state index is -0.420. The third-order valence-electron chi connectivity index (χ3n) is 5.99. The molecule has 5 rings (SSSR count). The first-order valence-corrected chi connectivity index (χ1v) is 10.9. The van der Waals surface area contributed by atoms with Crippen molar-refractivity contribution in [3.8, 4) is 5.75 Å². The molecule has 1 fully saturated rings. The molecule has 170 valence electrons. The molecule has 9 heteroatoms. The van der Waals surface area contributed by atoms with Crippen LogP contribution >= 0.6 is 0 Å². The van der Waals surface area contributed by atoms with Crippen LogP contribution in [0.4, 0.5) is 10.1 Å². The number of rotatable bonds is 7. The van der Waals surface area contributed by atoms with Gasteiger partial charge in [0.25, 0.3) is 0 Å². The highest BCUT2D eigenvalue weighted by atomic mass is 19.1. The number of methoxy groups -OCH3 is 1. The molecule has 8 nitrogen and oxygen atoms in total. The molecule has 1 aliphatic heterocycles. The number of nitrogens with zero attached hydrogens (tertiary/aromatic N) is 6. The van der Waals surface area contributed by atoms with Crippen LogP contribution in [0.1, 0.15) is 23.2 Å². The summed E-state index contributed by atoms with van der Waals surface area (Å²) in [5, 5.41) is 12.4. The lowest BCUT2D eigenvalue weighted by molar-refractivity contribution is 0.197. The quantitative estimate of drug-likeness (QED) is 0.429. The Morgan fingerprint density at radius 1 is 1.00 bits per heavy atom. The van der Waals surface area contributed by atoms with Gasteiger partial charge < -0.3 is 14.1 Å². The summed E-state index contributed by atoms with van der Waals surface area (Å²) in [6.45, 7) is 3.34. The maximum absolute atomic E-state index is 15.0. The van der Waals surface area contributed by atoms with E-state index in [1.54, 1.807) is 30.2 Å². The summed E-state index contributed by atoms with van der Waals surface area (Å²) in [5.41, 5.74) is 1.61. The van der Waals surface area contributed by atoms with Crippen molar-refractivity contribution in [1.29, 1.82) is 0 Å². The Morgan fingerprint density at radius 3 is 2.55 bits per heavy atom. The Kier molecular flexibility index (Phi) is 6.03. The largest absolute Gasteiger partial charge is 0.495 e. The highest BCUT2D eigenvalue weighted by molar-refractivity contribution is 5.58. The molecule has 0 amide bonds. The van der Waals surface area contributed by atoms with Crippen LogP contribution in [0.15, 0.2) is 71.3 Å².